The Bertz CT molecular complexity index is 655. The Morgan fingerprint density at radius 3 is 2.74 bits per heavy atom. The minimum absolute atomic E-state index is 0.184. The van der Waals surface area contributed by atoms with E-state index in [0.717, 1.165) is 31.8 Å². The minimum atomic E-state index is -0.989. The number of carbonyl (C=O) groups is 1. The summed E-state index contributed by atoms with van der Waals surface area (Å²) in [7, 11) is 0. The second-order valence-corrected chi connectivity index (χ2v) is 5.56. The van der Waals surface area contributed by atoms with Crippen molar-refractivity contribution in [2.75, 3.05) is 19.6 Å². The molecule has 0 fully saturated rings. The molecule has 0 saturated heterocycles. The monoisotopic (exact) mass is 336 g/mol. The van der Waals surface area contributed by atoms with Crippen molar-refractivity contribution in [1.29, 1.82) is 0 Å². The van der Waals surface area contributed by atoms with Crippen molar-refractivity contribution in [3.05, 3.63) is 46.7 Å². The van der Waals surface area contributed by atoms with Crippen LogP contribution in [0.5, 0.6) is 0 Å². The van der Waals surface area contributed by atoms with Gasteiger partial charge in [-0.05, 0) is 56.4 Å². The first-order chi connectivity index (χ1) is 11.1. The maximum absolute atomic E-state index is 11.1. The number of halogens is 1. The van der Waals surface area contributed by atoms with Gasteiger partial charge in [0.1, 0.15) is 11.5 Å². The fourth-order valence-corrected chi connectivity index (χ4v) is 2.40. The molecule has 0 saturated carbocycles. The molecule has 0 aliphatic carbocycles. The molecule has 0 amide bonds. The number of carboxylic acids is 1. The zero-order valence-corrected chi connectivity index (χ0v) is 13.8. The molecule has 0 unspecified atom stereocenters. The molecule has 0 aliphatic heterocycles. The van der Waals surface area contributed by atoms with Crippen LogP contribution in [0.2, 0.25) is 5.02 Å². The lowest BCUT2D eigenvalue weighted by molar-refractivity contribution is 0.0697. The van der Waals surface area contributed by atoms with E-state index in [2.05, 4.69) is 17.6 Å². The molecule has 0 atom stereocenters. The SMILES string of the molecule is CCNCCCNCc1ccc(-c2cc(C(=O)O)ccc2Cl)o1. The Morgan fingerprint density at radius 2 is 2.00 bits per heavy atom. The average Bonchev–Trinajstić information content (AvgIpc) is 2.99. The Labute approximate surface area is 140 Å². The number of furan rings is 1. The van der Waals surface area contributed by atoms with E-state index >= 15 is 0 Å². The van der Waals surface area contributed by atoms with Gasteiger partial charge in [0, 0.05) is 5.56 Å². The third-order valence-corrected chi connectivity index (χ3v) is 3.73. The highest BCUT2D eigenvalue weighted by Gasteiger charge is 2.12. The molecule has 1 aromatic carbocycles. The molecule has 2 aromatic rings. The van der Waals surface area contributed by atoms with Crippen molar-refractivity contribution in [3.8, 4) is 11.3 Å². The van der Waals surface area contributed by atoms with Gasteiger partial charge >= 0.3 is 5.97 Å². The molecule has 3 N–H and O–H groups in total. The second-order valence-electron chi connectivity index (χ2n) is 5.15. The van der Waals surface area contributed by atoms with E-state index in [4.69, 9.17) is 21.1 Å². The van der Waals surface area contributed by atoms with Crippen LogP contribution in [0.4, 0.5) is 0 Å². The topological polar surface area (TPSA) is 74.5 Å². The van der Waals surface area contributed by atoms with Crippen LogP contribution < -0.4 is 10.6 Å². The third-order valence-electron chi connectivity index (χ3n) is 3.40. The lowest BCUT2D eigenvalue weighted by Gasteiger charge is -2.04. The molecule has 2 rings (SSSR count). The molecule has 0 radical (unpaired) electrons. The van der Waals surface area contributed by atoms with Crippen LogP contribution in [-0.4, -0.2) is 30.7 Å². The lowest BCUT2D eigenvalue weighted by atomic mass is 10.1. The van der Waals surface area contributed by atoms with E-state index in [0.29, 0.717) is 22.9 Å². The summed E-state index contributed by atoms with van der Waals surface area (Å²) in [5, 5.41) is 16.1. The number of benzene rings is 1. The minimum Gasteiger partial charge on any atom is -0.478 e. The van der Waals surface area contributed by atoms with Crippen molar-refractivity contribution in [1.82, 2.24) is 10.6 Å². The van der Waals surface area contributed by atoms with Gasteiger partial charge in [-0.3, -0.25) is 0 Å². The maximum Gasteiger partial charge on any atom is 0.335 e. The predicted molar refractivity (Wildman–Crippen MR) is 91.0 cm³/mol. The largest absolute Gasteiger partial charge is 0.478 e. The summed E-state index contributed by atoms with van der Waals surface area (Å²) < 4.78 is 5.76. The van der Waals surface area contributed by atoms with Crippen molar-refractivity contribution in [3.63, 3.8) is 0 Å². The Morgan fingerprint density at radius 1 is 1.22 bits per heavy atom. The quantitative estimate of drug-likeness (QED) is 0.612. The first-order valence-electron chi connectivity index (χ1n) is 7.65. The van der Waals surface area contributed by atoms with Crippen molar-refractivity contribution < 1.29 is 14.3 Å². The highest BCUT2D eigenvalue weighted by Crippen LogP contribution is 2.30. The fourth-order valence-electron chi connectivity index (χ4n) is 2.19. The van der Waals surface area contributed by atoms with Gasteiger partial charge in [-0.15, -0.1) is 0 Å². The van der Waals surface area contributed by atoms with E-state index < -0.39 is 5.97 Å². The van der Waals surface area contributed by atoms with Crippen molar-refractivity contribution in [2.45, 2.75) is 19.9 Å². The van der Waals surface area contributed by atoms with E-state index in [1.165, 1.54) is 12.1 Å². The number of hydrogen-bond acceptors (Lipinski definition) is 4. The zero-order valence-electron chi connectivity index (χ0n) is 13.1. The molecule has 1 heterocycles. The van der Waals surface area contributed by atoms with E-state index in [1.807, 2.05) is 12.1 Å². The molecule has 124 valence electrons. The van der Waals surface area contributed by atoms with Crippen LogP contribution >= 0.6 is 11.6 Å². The summed E-state index contributed by atoms with van der Waals surface area (Å²) in [4.78, 5) is 11.1. The molecule has 1 aromatic heterocycles. The molecule has 0 bridgehead atoms. The van der Waals surface area contributed by atoms with Gasteiger partial charge in [-0.2, -0.15) is 0 Å². The van der Waals surface area contributed by atoms with Crippen molar-refractivity contribution >= 4 is 17.6 Å². The first kappa shape index (κ1) is 17.5. The average molecular weight is 337 g/mol. The van der Waals surface area contributed by atoms with Gasteiger partial charge in [-0.25, -0.2) is 4.79 Å². The summed E-state index contributed by atoms with van der Waals surface area (Å²) in [5.41, 5.74) is 0.772. The summed E-state index contributed by atoms with van der Waals surface area (Å²) in [6, 6.07) is 8.25. The standard InChI is InChI=1S/C17H21ClN2O3/c1-2-19-8-3-9-20-11-13-5-7-16(23-13)14-10-12(17(21)22)4-6-15(14)18/h4-7,10,19-20H,2-3,8-9,11H2,1H3,(H,21,22). The van der Waals surface area contributed by atoms with Crippen LogP contribution in [0.3, 0.4) is 0 Å². The third kappa shape index (κ3) is 5.10. The lowest BCUT2D eigenvalue weighted by Crippen LogP contribution is -2.21. The fraction of sp³-hybridized carbons (Fsp3) is 0.353. The zero-order chi connectivity index (χ0) is 16.7. The predicted octanol–water partition coefficient (Wildman–Crippen LogP) is 3.39. The normalized spacial score (nSPS) is 10.9. The van der Waals surface area contributed by atoms with E-state index in [-0.39, 0.29) is 5.56 Å². The molecular formula is C17H21ClN2O3. The first-order valence-corrected chi connectivity index (χ1v) is 8.03. The van der Waals surface area contributed by atoms with Crippen molar-refractivity contribution in [2.24, 2.45) is 0 Å². The van der Waals surface area contributed by atoms with Gasteiger partial charge in [-0.1, -0.05) is 18.5 Å². The number of carboxylic acid groups (broad SMARTS) is 1. The Hall–Kier alpha value is -1.82. The Kier molecular flexibility index (Phi) is 6.65. The van der Waals surface area contributed by atoms with Gasteiger partial charge in [0.25, 0.3) is 0 Å². The molecule has 5 nitrogen and oxygen atoms in total. The smallest absolute Gasteiger partial charge is 0.335 e. The van der Waals surface area contributed by atoms with Gasteiger partial charge in [0.2, 0.25) is 0 Å². The van der Waals surface area contributed by atoms with Crippen LogP contribution in [0.25, 0.3) is 11.3 Å². The van der Waals surface area contributed by atoms with Gasteiger partial charge in [0.15, 0.2) is 0 Å². The molecular weight excluding hydrogens is 316 g/mol. The highest BCUT2D eigenvalue weighted by molar-refractivity contribution is 6.33. The van der Waals surface area contributed by atoms with Crippen LogP contribution in [0.15, 0.2) is 34.7 Å². The molecule has 0 aliphatic rings. The number of nitrogens with one attached hydrogen (secondary N) is 2. The Balaban J connectivity index is 1.96. The number of hydrogen-bond donors (Lipinski definition) is 3. The molecule has 6 heteroatoms. The maximum atomic E-state index is 11.1. The van der Waals surface area contributed by atoms with Crippen LogP contribution in [0, 0.1) is 0 Å². The van der Waals surface area contributed by atoms with E-state index in [1.54, 1.807) is 6.07 Å². The number of rotatable bonds is 9. The highest BCUT2D eigenvalue weighted by atomic mass is 35.5. The molecule has 23 heavy (non-hydrogen) atoms. The summed E-state index contributed by atoms with van der Waals surface area (Å²) >= 11 is 6.14. The molecule has 0 spiro atoms. The summed E-state index contributed by atoms with van der Waals surface area (Å²) in [6.07, 6.45) is 1.05. The van der Waals surface area contributed by atoms with Gasteiger partial charge < -0.3 is 20.2 Å². The van der Waals surface area contributed by atoms with Crippen LogP contribution in [0.1, 0.15) is 29.5 Å². The van der Waals surface area contributed by atoms with E-state index in [9.17, 15) is 4.79 Å². The van der Waals surface area contributed by atoms with Gasteiger partial charge in [0.05, 0.1) is 17.1 Å². The second kappa shape index (κ2) is 8.72. The summed E-state index contributed by atoms with van der Waals surface area (Å²) in [6.45, 7) is 5.59. The summed E-state index contributed by atoms with van der Waals surface area (Å²) in [5.74, 6) is 0.375. The number of aromatic carboxylic acids is 1. The van der Waals surface area contributed by atoms with Crippen LogP contribution in [-0.2, 0) is 6.54 Å².